The molecule has 0 bridgehead atoms. The minimum atomic E-state index is -0.220. The fraction of sp³-hybridized carbons (Fsp3) is 0.682. The van der Waals surface area contributed by atoms with Crippen LogP contribution in [-0.2, 0) is 17.6 Å². The standard InChI is InChI=1S/C10H12.C7H15NO.C3H8.C2H6/c1-2-6-10-8-4-3-7-9(10)5-1;1-5(6(8)9)7(2,3)4;1-3-2;1-2/h1-2,5-6H,3-4,7-8H2;5H,1-4H3,(H2,8,9);3H2,1-2H3;1-2H3. The molecule has 0 fully saturated rings. The lowest BCUT2D eigenvalue weighted by Crippen LogP contribution is -2.31. The molecule has 1 amide bonds. The first-order valence-electron chi connectivity index (χ1n) is 9.60. The lowest BCUT2D eigenvalue weighted by Gasteiger charge is -2.23. The number of primary amides is 1. The maximum Gasteiger partial charge on any atom is 0.220 e. The summed E-state index contributed by atoms with van der Waals surface area (Å²) in [5, 5.41) is 0. The Morgan fingerprint density at radius 3 is 1.58 bits per heavy atom. The fourth-order valence-corrected chi connectivity index (χ4v) is 2.10. The molecular weight excluding hydrogens is 294 g/mol. The molecule has 0 radical (unpaired) electrons. The van der Waals surface area contributed by atoms with Gasteiger partial charge in [0, 0.05) is 5.92 Å². The average Bonchev–Trinajstić information content (AvgIpc) is 2.56. The lowest BCUT2D eigenvalue weighted by atomic mass is 9.82. The molecule has 0 saturated carbocycles. The van der Waals surface area contributed by atoms with Gasteiger partial charge >= 0.3 is 0 Å². The van der Waals surface area contributed by atoms with E-state index in [1.165, 1.54) is 32.1 Å². The van der Waals surface area contributed by atoms with Crippen LogP contribution in [0.25, 0.3) is 0 Å². The second kappa shape index (κ2) is 14.1. The van der Waals surface area contributed by atoms with Gasteiger partial charge in [0.05, 0.1) is 0 Å². The molecule has 0 saturated heterocycles. The monoisotopic (exact) mass is 335 g/mol. The third kappa shape index (κ3) is 11.3. The van der Waals surface area contributed by atoms with Gasteiger partial charge in [-0.3, -0.25) is 4.79 Å². The number of amides is 1. The third-order valence-electron chi connectivity index (χ3n) is 3.99. The highest BCUT2D eigenvalue weighted by molar-refractivity contribution is 5.76. The van der Waals surface area contributed by atoms with Crippen molar-refractivity contribution in [3.63, 3.8) is 0 Å². The van der Waals surface area contributed by atoms with Gasteiger partial charge in [0.15, 0.2) is 0 Å². The second-order valence-electron chi connectivity index (χ2n) is 7.17. The van der Waals surface area contributed by atoms with Gasteiger partial charge < -0.3 is 5.73 Å². The quantitative estimate of drug-likeness (QED) is 0.656. The van der Waals surface area contributed by atoms with Crippen molar-refractivity contribution in [2.45, 2.75) is 87.5 Å². The van der Waals surface area contributed by atoms with E-state index in [1.54, 1.807) is 11.1 Å². The van der Waals surface area contributed by atoms with Gasteiger partial charge in [0.25, 0.3) is 0 Å². The van der Waals surface area contributed by atoms with Crippen molar-refractivity contribution < 1.29 is 4.79 Å². The molecule has 1 aromatic carbocycles. The number of rotatable bonds is 1. The predicted octanol–water partition coefficient (Wildman–Crippen LogP) is 6.16. The second-order valence-corrected chi connectivity index (χ2v) is 7.17. The molecule has 2 N–H and O–H groups in total. The Kier molecular flexibility index (Phi) is 14.6. The van der Waals surface area contributed by atoms with Crippen molar-refractivity contribution in [1.82, 2.24) is 0 Å². The zero-order valence-electron chi connectivity index (χ0n) is 17.4. The fourth-order valence-electron chi connectivity index (χ4n) is 2.10. The third-order valence-corrected chi connectivity index (χ3v) is 3.99. The summed E-state index contributed by atoms with van der Waals surface area (Å²) in [6, 6.07) is 8.80. The van der Waals surface area contributed by atoms with E-state index in [4.69, 9.17) is 5.73 Å². The molecule has 1 atom stereocenters. The summed E-state index contributed by atoms with van der Waals surface area (Å²) in [4.78, 5) is 10.6. The predicted molar refractivity (Wildman–Crippen MR) is 108 cm³/mol. The first kappa shape index (κ1) is 24.9. The molecule has 140 valence electrons. The van der Waals surface area contributed by atoms with Gasteiger partial charge in [-0.2, -0.15) is 0 Å². The number of hydrogen-bond acceptors (Lipinski definition) is 1. The first-order valence-corrected chi connectivity index (χ1v) is 9.60. The highest BCUT2D eigenvalue weighted by Crippen LogP contribution is 2.24. The summed E-state index contributed by atoms with van der Waals surface area (Å²) >= 11 is 0. The van der Waals surface area contributed by atoms with Crippen molar-refractivity contribution >= 4 is 5.91 Å². The highest BCUT2D eigenvalue weighted by atomic mass is 16.1. The first-order chi connectivity index (χ1) is 11.2. The topological polar surface area (TPSA) is 43.1 Å². The maximum atomic E-state index is 10.6. The molecule has 0 heterocycles. The summed E-state index contributed by atoms with van der Waals surface area (Å²) in [6.07, 6.45) is 6.63. The summed E-state index contributed by atoms with van der Waals surface area (Å²) < 4.78 is 0. The number of hydrogen-bond donors (Lipinski definition) is 1. The Morgan fingerprint density at radius 1 is 1.04 bits per heavy atom. The van der Waals surface area contributed by atoms with Gasteiger partial charge in [-0.05, 0) is 42.2 Å². The van der Waals surface area contributed by atoms with Crippen LogP contribution in [0.3, 0.4) is 0 Å². The van der Waals surface area contributed by atoms with E-state index in [0.29, 0.717) is 0 Å². The maximum absolute atomic E-state index is 10.6. The Hall–Kier alpha value is -1.31. The zero-order chi connectivity index (χ0) is 19.2. The Bertz CT molecular complexity index is 407. The number of benzene rings is 1. The van der Waals surface area contributed by atoms with E-state index < -0.39 is 0 Å². The Morgan fingerprint density at radius 2 is 1.38 bits per heavy atom. The van der Waals surface area contributed by atoms with Crippen LogP contribution in [0.2, 0.25) is 0 Å². The van der Waals surface area contributed by atoms with Crippen LogP contribution in [0.15, 0.2) is 24.3 Å². The van der Waals surface area contributed by atoms with E-state index >= 15 is 0 Å². The summed E-state index contributed by atoms with van der Waals surface area (Å²) in [6.45, 7) is 16.1. The van der Waals surface area contributed by atoms with Crippen LogP contribution in [0.5, 0.6) is 0 Å². The molecule has 1 aliphatic rings. The van der Waals surface area contributed by atoms with Gasteiger partial charge in [-0.1, -0.05) is 86.1 Å². The SMILES string of the molecule is CC.CC(C(N)=O)C(C)(C)C.CCC.c1ccc2c(c1)CCCC2. The number of carbonyl (C=O) groups is 1. The molecule has 1 aromatic rings. The van der Waals surface area contributed by atoms with Crippen molar-refractivity contribution in [3.8, 4) is 0 Å². The summed E-state index contributed by atoms with van der Waals surface area (Å²) in [5.41, 5.74) is 8.24. The highest BCUT2D eigenvalue weighted by Gasteiger charge is 2.24. The molecule has 1 aliphatic carbocycles. The van der Waals surface area contributed by atoms with Crippen LogP contribution in [0, 0.1) is 11.3 Å². The van der Waals surface area contributed by atoms with E-state index in [2.05, 4.69) is 38.1 Å². The Labute approximate surface area is 151 Å². The van der Waals surface area contributed by atoms with Crippen molar-refractivity contribution in [3.05, 3.63) is 35.4 Å². The van der Waals surface area contributed by atoms with Gasteiger partial charge in [0.2, 0.25) is 5.91 Å². The van der Waals surface area contributed by atoms with Crippen molar-refractivity contribution in [2.75, 3.05) is 0 Å². The molecule has 0 aliphatic heterocycles. The number of nitrogens with two attached hydrogens (primary N) is 1. The average molecular weight is 336 g/mol. The largest absolute Gasteiger partial charge is 0.369 e. The van der Waals surface area contributed by atoms with E-state index in [0.717, 1.165) is 0 Å². The molecule has 0 aromatic heterocycles. The van der Waals surface area contributed by atoms with Gasteiger partial charge in [0.1, 0.15) is 0 Å². The van der Waals surface area contributed by atoms with Crippen LogP contribution in [0.1, 0.15) is 85.8 Å². The normalized spacial score (nSPS) is 13.5. The minimum absolute atomic E-state index is 0.00579. The van der Waals surface area contributed by atoms with Crippen molar-refractivity contribution in [2.24, 2.45) is 17.1 Å². The molecule has 1 unspecified atom stereocenters. The van der Waals surface area contributed by atoms with E-state index in [-0.39, 0.29) is 17.2 Å². The van der Waals surface area contributed by atoms with Crippen LogP contribution < -0.4 is 5.73 Å². The number of carbonyl (C=O) groups excluding carboxylic acids is 1. The minimum Gasteiger partial charge on any atom is -0.369 e. The van der Waals surface area contributed by atoms with E-state index in [9.17, 15) is 4.79 Å². The van der Waals surface area contributed by atoms with E-state index in [1.807, 2.05) is 41.5 Å². The molecule has 2 rings (SSSR count). The van der Waals surface area contributed by atoms with Crippen molar-refractivity contribution in [1.29, 1.82) is 0 Å². The number of aryl methyl sites for hydroxylation is 2. The lowest BCUT2D eigenvalue weighted by molar-refractivity contribution is -0.124. The van der Waals surface area contributed by atoms with Crippen LogP contribution >= 0.6 is 0 Å². The molecule has 24 heavy (non-hydrogen) atoms. The van der Waals surface area contributed by atoms with Gasteiger partial charge in [-0.25, -0.2) is 0 Å². The van der Waals surface area contributed by atoms with Crippen LogP contribution in [-0.4, -0.2) is 5.91 Å². The smallest absolute Gasteiger partial charge is 0.220 e. The summed E-state index contributed by atoms with van der Waals surface area (Å²) in [7, 11) is 0. The number of fused-ring (bicyclic) bond motifs is 1. The molecule has 2 nitrogen and oxygen atoms in total. The van der Waals surface area contributed by atoms with Crippen LogP contribution in [0.4, 0.5) is 0 Å². The molecule has 0 spiro atoms. The zero-order valence-corrected chi connectivity index (χ0v) is 17.4. The Balaban J connectivity index is 0. The molecular formula is C22H41NO. The summed E-state index contributed by atoms with van der Waals surface area (Å²) in [5.74, 6) is -0.264. The van der Waals surface area contributed by atoms with Gasteiger partial charge in [-0.15, -0.1) is 0 Å². The molecule has 2 heteroatoms.